The minimum Gasteiger partial charge on any atom is -0.507 e. The number of carbonyl (C=O) groups is 1. The number of aromatic hydroxyl groups is 1. The van der Waals surface area contributed by atoms with E-state index in [4.69, 9.17) is 4.74 Å². The predicted molar refractivity (Wildman–Crippen MR) is 111 cm³/mol. The van der Waals surface area contributed by atoms with Crippen molar-refractivity contribution in [3.05, 3.63) is 22.8 Å². The summed E-state index contributed by atoms with van der Waals surface area (Å²) in [7, 11) is 0. The zero-order valence-electron chi connectivity index (χ0n) is 18.3. The van der Waals surface area contributed by atoms with Gasteiger partial charge in [-0.05, 0) is 67.4 Å². The maximum absolute atomic E-state index is 12.0. The number of ether oxygens (including phenoxy) is 1. The summed E-state index contributed by atoms with van der Waals surface area (Å²) in [6, 6.07) is 1.91. The Hall–Kier alpha value is -1.71. The summed E-state index contributed by atoms with van der Waals surface area (Å²) < 4.78 is 6.60. The lowest BCUT2D eigenvalue weighted by atomic mass is 9.62. The molecule has 2 bridgehead atoms. The van der Waals surface area contributed by atoms with Crippen LogP contribution in [0.3, 0.4) is 0 Å². The Kier molecular flexibility index (Phi) is 5.46. The molecule has 156 valence electrons. The average molecular weight is 389 g/mol. The van der Waals surface area contributed by atoms with E-state index in [1.165, 1.54) is 0 Å². The van der Waals surface area contributed by atoms with Crippen molar-refractivity contribution in [1.82, 2.24) is 0 Å². The molecule has 0 radical (unpaired) electrons. The number of phenols is 1. The van der Waals surface area contributed by atoms with E-state index in [1.54, 1.807) is 0 Å². The van der Waals surface area contributed by atoms with Crippen LogP contribution in [0.4, 0.5) is 0 Å². The van der Waals surface area contributed by atoms with Gasteiger partial charge in [-0.3, -0.25) is 0 Å². The monoisotopic (exact) mass is 388 g/mol. The highest BCUT2D eigenvalue weighted by atomic mass is 16.5. The lowest BCUT2D eigenvalue weighted by molar-refractivity contribution is 0.00598. The largest absolute Gasteiger partial charge is 0.507 e. The van der Waals surface area contributed by atoms with Crippen molar-refractivity contribution in [2.24, 2.45) is 17.3 Å². The van der Waals surface area contributed by atoms with Gasteiger partial charge in [0.05, 0.1) is 0 Å². The lowest BCUT2D eigenvalue weighted by Crippen LogP contribution is -2.43. The van der Waals surface area contributed by atoms with E-state index < -0.39 is 5.97 Å². The van der Waals surface area contributed by atoms with Crippen molar-refractivity contribution in [3.8, 4) is 11.5 Å². The third-order valence-electron chi connectivity index (χ3n) is 8.01. The van der Waals surface area contributed by atoms with Gasteiger partial charge in [0.25, 0.3) is 0 Å². The van der Waals surface area contributed by atoms with Gasteiger partial charge in [0.1, 0.15) is 22.7 Å². The molecule has 0 amide bonds. The maximum atomic E-state index is 12.0. The first kappa shape index (κ1) is 21.0. The van der Waals surface area contributed by atoms with Gasteiger partial charge in [-0.25, -0.2) is 4.79 Å². The summed E-state index contributed by atoms with van der Waals surface area (Å²) in [4.78, 5) is 12.0. The van der Waals surface area contributed by atoms with Crippen molar-refractivity contribution in [1.29, 1.82) is 0 Å². The summed E-state index contributed by atoms with van der Waals surface area (Å²) in [5.74, 6) is 0.418. The Bertz CT molecular complexity index is 766. The van der Waals surface area contributed by atoms with E-state index >= 15 is 0 Å². The number of aromatic carboxylic acids is 1. The summed E-state index contributed by atoms with van der Waals surface area (Å²) in [5, 5.41) is 21.0. The van der Waals surface area contributed by atoms with Crippen molar-refractivity contribution in [2.75, 3.05) is 0 Å². The smallest absolute Gasteiger partial charge is 0.339 e. The first-order chi connectivity index (χ1) is 13.0. The molecule has 1 aliphatic carbocycles. The molecule has 1 saturated carbocycles. The second-order valence-corrected chi connectivity index (χ2v) is 9.82. The van der Waals surface area contributed by atoms with Gasteiger partial charge < -0.3 is 14.9 Å². The Labute approximate surface area is 169 Å². The Morgan fingerprint density at radius 3 is 2.54 bits per heavy atom. The topological polar surface area (TPSA) is 66.8 Å². The molecule has 1 aromatic carbocycles. The summed E-state index contributed by atoms with van der Waals surface area (Å²) in [6.07, 6.45) is 5.74. The highest BCUT2D eigenvalue weighted by Gasteiger charge is 2.54. The van der Waals surface area contributed by atoms with Crippen LogP contribution >= 0.6 is 0 Å². The van der Waals surface area contributed by atoms with Crippen LogP contribution < -0.4 is 4.74 Å². The second kappa shape index (κ2) is 7.27. The van der Waals surface area contributed by atoms with E-state index in [-0.39, 0.29) is 28.2 Å². The third-order valence-corrected chi connectivity index (χ3v) is 8.01. The number of hydrogen-bond donors (Lipinski definition) is 2. The van der Waals surface area contributed by atoms with Crippen LogP contribution in [0, 0.1) is 17.3 Å². The zero-order valence-corrected chi connectivity index (χ0v) is 18.3. The Morgan fingerprint density at radius 2 is 1.93 bits per heavy atom. The molecule has 1 aromatic rings. The fraction of sp³-hybridized carbons (Fsp3) is 0.708. The summed E-state index contributed by atoms with van der Waals surface area (Å²) in [6.45, 7) is 13.2. The Morgan fingerprint density at radius 1 is 1.25 bits per heavy atom. The van der Waals surface area contributed by atoms with Crippen LogP contribution in [0.25, 0.3) is 0 Å². The van der Waals surface area contributed by atoms with Crippen LogP contribution in [0.2, 0.25) is 0 Å². The number of benzene rings is 1. The fourth-order valence-electron chi connectivity index (χ4n) is 5.67. The molecule has 4 heteroatoms. The van der Waals surface area contributed by atoms with Gasteiger partial charge in [0, 0.05) is 5.56 Å². The summed E-state index contributed by atoms with van der Waals surface area (Å²) in [5.41, 5.74) is 1.08. The molecule has 2 N–H and O–H groups in total. The molecular formula is C24H36O4. The number of aryl methyl sites for hydroxylation is 1. The van der Waals surface area contributed by atoms with Crippen LogP contribution in [0.1, 0.15) is 101 Å². The minimum atomic E-state index is -1.05. The number of rotatable bonds is 5. The van der Waals surface area contributed by atoms with Crippen molar-refractivity contribution in [2.45, 2.75) is 91.6 Å². The molecule has 3 rings (SSSR count). The third kappa shape index (κ3) is 3.19. The van der Waals surface area contributed by atoms with Crippen molar-refractivity contribution < 1.29 is 19.7 Å². The molecule has 0 spiro atoms. The van der Waals surface area contributed by atoms with E-state index in [9.17, 15) is 15.0 Å². The SMILES string of the molecule is CCCCCc1cc2c(c(O)c1C(=O)O)C(C)C(C)(C)[C@H]1CC[C@@](C)(O2)C1C. The number of hydrogen-bond acceptors (Lipinski definition) is 3. The molecular weight excluding hydrogens is 352 g/mol. The molecule has 1 fully saturated rings. The highest BCUT2D eigenvalue weighted by molar-refractivity contribution is 5.94. The number of unbranched alkanes of at least 4 members (excludes halogenated alkanes) is 2. The average Bonchev–Trinajstić information content (AvgIpc) is 2.90. The van der Waals surface area contributed by atoms with Crippen LogP contribution in [-0.4, -0.2) is 21.8 Å². The molecule has 0 aromatic heterocycles. The van der Waals surface area contributed by atoms with Crippen LogP contribution in [0.15, 0.2) is 6.07 Å². The predicted octanol–water partition coefficient (Wildman–Crippen LogP) is 6.15. The summed E-state index contributed by atoms with van der Waals surface area (Å²) >= 11 is 0. The minimum absolute atomic E-state index is 0.000363. The molecule has 28 heavy (non-hydrogen) atoms. The van der Waals surface area contributed by atoms with Gasteiger partial charge in [-0.2, -0.15) is 0 Å². The van der Waals surface area contributed by atoms with Gasteiger partial charge in [0.15, 0.2) is 0 Å². The maximum Gasteiger partial charge on any atom is 0.339 e. The van der Waals surface area contributed by atoms with Gasteiger partial charge in [0.2, 0.25) is 0 Å². The highest BCUT2D eigenvalue weighted by Crippen LogP contribution is 2.60. The number of carboxylic acid groups (broad SMARTS) is 1. The normalized spacial score (nSPS) is 30.9. The van der Waals surface area contributed by atoms with Gasteiger partial charge in [-0.15, -0.1) is 0 Å². The second-order valence-electron chi connectivity index (χ2n) is 9.82. The van der Waals surface area contributed by atoms with Crippen molar-refractivity contribution >= 4 is 5.97 Å². The quantitative estimate of drug-likeness (QED) is 0.594. The van der Waals surface area contributed by atoms with Gasteiger partial charge in [-0.1, -0.05) is 47.5 Å². The molecule has 2 unspecified atom stereocenters. The van der Waals surface area contributed by atoms with E-state index in [2.05, 4.69) is 41.5 Å². The fourth-order valence-corrected chi connectivity index (χ4v) is 5.67. The molecule has 4 atom stereocenters. The van der Waals surface area contributed by atoms with E-state index in [0.29, 0.717) is 35.1 Å². The van der Waals surface area contributed by atoms with E-state index in [1.807, 2.05) is 6.07 Å². The number of fused-ring (bicyclic) bond motifs is 3. The van der Waals surface area contributed by atoms with Gasteiger partial charge >= 0.3 is 5.97 Å². The molecule has 0 saturated heterocycles. The van der Waals surface area contributed by atoms with E-state index in [0.717, 1.165) is 32.1 Å². The van der Waals surface area contributed by atoms with Crippen LogP contribution in [-0.2, 0) is 6.42 Å². The first-order valence-corrected chi connectivity index (χ1v) is 10.9. The lowest BCUT2D eigenvalue weighted by Gasteiger charge is -2.46. The first-order valence-electron chi connectivity index (χ1n) is 10.9. The molecule has 1 aliphatic heterocycles. The standard InChI is InChI=1S/C24H36O4/c1-7-8-9-10-16-13-18-19(21(25)20(16)22(26)27)15(3)23(4,5)17-11-12-24(6,28-18)14(17)2/h13-15,17,25H,7-12H2,1-6H3,(H,26,27)/t14?,15?,17-,24+/m0/s1. The number of carboxylic acids is 1. The Balaban J connectivity index is 2.21. The zero-order chi connectivity index (χ0) is 20.9. The molecule has 4 nitrogen and oxygen atoms in total. The molecule has 2 aliphatic rings. The molecule has 1 heterocycles. The van der Waals surface area contributed by atoms with Crippen molar-refractivity contribution in [3.63, 3.8) is 0 Å². The van der Waals surface area contributed by atoms with Crippen LogP contribution in [0.5, 0.6) is 11.5 Å².